The summed E-state index contributed by atoms with van der Waals surface area (Å²) in [6.07, 6.45) is 7.86. The second kappa shape index (κ2) is 7.92. The fourth-order valence-electron chi connectivity index (χ4n) is 3.82. The lowest BCUT2D eigenvalue weighted by molar-refractivity contribution is 0.198. The summed E-state index contributed by atoms with van der Waals surface area (Å²) >= 11 is 0. The molecule has 0 spiro atoms. The Balaban J connectivity index is 1.60. The predicted octanol–water partition coefficient (Wildman–Crippen LogP) is 4.37. The Kier molecular flexibility index (Phi) is 5.21. The summed E-state index contributed by atoms with van der Waals surface area (Å²) in [5, 5.41) is 0. The lowest BCUT2D eigenvalue weighted by Gasteiger charge is -2.33. The Morgan fingerprint density at radius 1 is 1.15 bits per heavy atom. The van der Waals surface area contributed by atoms with Gasteiger partial charge in [0.1, 0.15) is 11.6 Å². The molecule has 1 aromatic carbocycles. The number of hydrogen-bond acceptors (Lipinski definition) is 4. The molecule has 0 N–H and O–H groups in total. The van der Waals surface area contributed by atoms with Crippen molar-refractivity contribution in [3.05, 3.63) is 77.9 Å². The number of hydrogen-bond donors (Lipinski definition) is 0. The first-order chi connectivity index (χ1) is 13.2. The molecule has 0 saturated carbocycles. The van der Waals surface area contributed by atoms with Gasteiger partial charge >= 0.3 is 0 Å². The zero-order valence-corrected chi connectivity index (χ0v) is 15.5. The van der Waals surface area contributed by atoms with Gasteiger partial charge in [0, 0.05) is 43.2 Å². The van der Waals surface area contributed by atoms with Gasteiger partial charge in [0.05, 0.1) is 5.69 Å². The van der Waals surface area contributed by atoms with E-state index in [-0.39, 0.29) is 5.82 Å². The molecule has 3 heterocycles. The Labute approximate surface area is 159 Å². The molecule has 4 nitrogen and oxygen atoms in total. The minimum atomic E-state index is -0.228. The fourth-order valence-corrected chi connectivity index (χ4v) is 3.82. The molecule has 1 aliphatic rings. The van der Waals surface area contributed by atoms with Crippen molar-refractivity contribution in [2.24, 2.45) is 0 Å². The summed E-state index contributed by atoms with van der Waals surface area (Å²) < 4.78 is 13.3. The highest BCUT2D eigenvalue weighted by Gasteiger charge is 2.25. The van der Waals surface area contributed by atoms with E-state index in [1.165, 1.54) is 17.7 Å². The van der Waals surface area contributed by atoms with Crippen LogP contribution in [0.5, 0.6) is 0 Å². The van der Waals surface area contributed by atoms with Crippen LogP contribution in [0.1, 0.15) is 35.8 Å². The Morgan fingerprint density at radius 2 is 2.00 bits per heavy atom. The highest BCUT2D eigenvalue weighted by Crippen LogP contribution is 2.33. The van der Waals surface area contributed by atoms with Crippen LogP contribution in [0.3, 0.4) is 0 Å². The first-order valence-corrected chi connectivity index (χ1v) is 9.40. The van der Waals surface area contributed by atoms with Crippen LogP contribution in [0.4, 0.5) is 4.39 Å². The molecule has 4 rings (SSSR count). The van der Waals surface area contributed by atoms with E-state index < -0.39 is 0 Å². The van der Waals surface area contributed by atoms with Crippen molar-refractivity contribution in [1.29, 1.82) is 0 Å². The molecule has 0 bridgehead atoms. The van der Waals surface area contributed by atoms with Crippen molar-refractivity contribution in [3.8, 4) is 11.1 Å². The number of benzene rings is 1. The SMILES string of the molecule is Cc1ncc(-c2ccc(F)cc2)c([C@H]2CCCN(Cc3cccnc3)C2)n1. The average molecular weight is 362 g/mol. The Hall–Kier alpha value is -2.66. The van der Waals surface area contributed by atoms with Gasteiger partial charge in [-0.3, -0.25) is 9.88 Å². The van der Waals surface area contributed by atoms with E-state index in [0.717, 1.165) is 55.1 Å². The van der Waals surface area contributed by atoms with Crippen molar-refractivity contribution in [1.82, 2.24) is 19.9 Å². The van der Waals surface area contributed by atoms with E-state index in [0.29, 0.717) is 5.92 Å². The third kappa shape index (κ3) is 4.19. The minimum absolute atomic E-state index is 0.228. The molecule has 0 aliphatic carbocycles. The zero-order valence-electron chi connectivity index (χ0n) is 15.5. The summed E-state index contributed by atoms with van der Waals surface area (Å²) in [4.78, 5) is 15.9. The van der Waals surface area contributed by atoms with Gasteiger partial charge in [0.15, 0.2) is 0 Å². The first kappa shape index (κ1) is 17.7. The van der Waals surface area contributed by atoms with Crippen molar-refractivity contribution in [2.45, 2.75) is 32.2 Å². The van der Waals surface area contributed by atoms with E-state index in [1.807, 2.05) is 37.5 Å². The topological polar surface area (TPSA) is 41.9 Å². The maximum absolute atomic E-state index is 13.3. The summed E-state index contributed by atoms with van der Waals surface area (Å²) in [7, 11) is 0. The standard InChI is InChI=1S/C22H23FN4/c1-16-25-13-21(18-6-8-20(23)9-7-18)22(26-16)19-5-3-11-27(15-19)14-17-4-2-10-24-12-17/h2,4,6-10,12-13,19H,3,5,11,14-15H2,1H3/t19-/m0/s1. The number of halogens is 1. The lowest BCUT2D eigenvalue weighted by atomic mass is 9.89. The number of piperidine rings is 1. The number of aryl methyl sites for hydroxylation is 1. The fraction of sp³-hybridized carbons (Fsp3) is 0.318. The molecule has 0 unspecified atom stereocenters. The molecule has 0 radical (unpaired) electrons. The van der Waals surface area contributed by atoms with Gasteiger partial charge < -0.3 is 0 Å². The van der Waals surface area contributed by atoms with Gasteiger partial charge in [-0.2, -0.15) is 0 Å². The third-order valence-corrected chi connectivity index (χ3v) is 5.12. The molecule has 1 atom stereocenters. The van der Waals surface area contributed by atoms with Crippen LogP contribution in [-0.4, -0.2) is 32.9 Å². The molecule has 1 aliphatic heterocycles. The molecule has 1 fully saturated rings. The van der Waals surface area contributed by atoms with Gasteiger partial charge in [-0.1, -0.05) is 18.2 Å². The quantitative estimate of drug-likeness (QED) is 0.691. The highest BCUT2D eigenvalue weighted by molar-refractivity contribution is 5.65. The molecule has 27 heavy (non-hydrogen) atoms. The largest absolute Gasteiger partial charge is 0.298 e. The summed E-state index contributed by atoms with van der Waals surface area (Å²) in [5.41, 5.74) is 4.28. The summed E-state index contributed by atoms with van der Waals surface area (Å²) in [6, 6.07) is 10.7. The minimum Gasteiger partial charge on any atom is -0.298 e. The maximum atomic E-state index is 13.3. The van der Waals surface area contributed by atoms with Gasteiger partial charge in [0.25, 0.3) is 0 Å². The number of pyridine rings is 1. The van der Waals surface area contributed by atoms with Crippen LogP contribution in [0.25, 0.3) is 11.1 Å². The number of aromatic nitrogens is 3. The van der Waals surface area contributed by atoms with Crippen LogP contribution >= 0.6 is 0 Å². The lowest BCUT2D eigenvalue weighted by Crippen LogP contribution is -2.34. The van der Waals surface area contributed by atoms with Crippen molar-refractivity contribution in [3.63, 3.8) is 0 Å². The van der Waals surface area contributed by atoms with Crippen LogP contribution in [-0.2, 0) is 6.54 Å². The molecular formula is C22H23FN4. The van der Waals surface area contributed by atoms with Crippen LogP contribution in [0, 0.1) is 12.7 Å². The third-order valence-electron chi connectivity index (χ3n) is 5.12. The molecule has 5 heteroatoms. The predicted molar refractivity (Wildman–Crippen MR) is 104 cm³/mol. The summed E-state index contributed by atoms with van der Waals surface area (Å²) in [5.74, 6) is 0.895. The van der Waals surface area contributed by atoms with E-state index in [9.17, 15) is 4.39 Å². The van der Waals surface area contributed by atoms with E-state index in [4.69, 9.17) is 4.98 Å². The molecule has 1 saturated heterocycles. The summed E-state index contributed by atoms with van der Waals surface area (Å²) in [6.45, 7) is 4.87. The molecule has 0 amide bonds. The number of rotatable bonds is 4. The Morgan fingerprint density at radius 3 is 2.78 bits per heavy atom. The van der Waals surface area contributed by atoms with Crippen LogP contribution < -0.4 is 0 Å². The zero-order chi connectivity index (χ0) is 18.6. The van der Waals surface area contributed by atoms with Crippen LogP contribution in [0.15, 0.2) is 55.0 Å². The molecule has 2 aromatic heterocycles. The maximum Gasteiger partial charge on any atom is 0.125 e. The van der Waals surface area contributed by atoms with Gasteiger partial charge in [-0.05, 0) is 55.6 Å². The number of nitrogens with zero attached hydrogens (tertiary/aromatic N) is 4. The van der Waals surface area contributed by atoms with E-state index in [1.54, 1.807) is 6.20 Å². The second-order valence-electron chi connectivity index (χ2n) is 7.16. The normalized spacial score (nSPS) is 17.8. The number of likely N-dealkylation sites (tertiary alicyclic amines) is 1. The second-order valence-corrected chi connectivity index (χ2v) is 7.16. The molecule has 138 valence electrons. The smallest absolute Gasteiger partial charge is 0.125 e. The van der Waals surface area contributed by atoms with Crippen LogP contribution in [0.2, 0.25) is 0 Å². The van der Waals surface area contributed by atoms with Gasteiger partial charge in [0.2, 0.25) is 0 Å². The Bertz CT molecular complexity index is 896. The van der Waals surface area contributed by atoms with Crippen molar-refractivity contribution < 1.29 is 4.39 Å². The molecular weight excluding hydrogens is 339 g/mol. The van der Waals surface area contributed by atoms with Crippen molar-refractivity contribution in [2.75, 3.05) is 13.1 Å². The van der Waals surface area contributed by atoms with E-state index >= 15 is 0 Å². The molecule has 3 aromatic rings. The van der Waals surface area contributed by atoms with Crippen molar-refractivity contribution >= 4 is 0 Å². The van der Waals surface area contributed by atoms with Gasteiger partial charge in [-0.25, -0.2) is 14.4 Å². The van der Waals surface area contributed by atoms with E-state index in [2.05, 4.69) is 20.9 Å². The highest BCUT2D eigenvalue weighted by atomic mass is 19.1. The first-order valence-electron chi connectivity index (χ1n) is 9.40. The monoisotopic (exact) mass is 362 g/mol. The van der Waals surface area contributed by atoms with Gasteiger partial charge in [-0.15, -0.1) is 0 Å². The average Bonchev–Trinajstić information content (AvgIpc) is 2.70.